The Morgan fingerprint density at radius 3 is 2.38 bits per heavy atom. The standard InChI is InChI=1S/C15H20Cl2N2O2/c1-21-15(20)14(18)9-11-12(16)7-10(8-13(11)17)19-5-3-2-4-6-19/h7-8,14H,2-6,9,18H2,1H3. The van der Waals surface area contributed by atoms with E-state index in [-0.39, 0.29) is 6.42 Å². The van der Waals surface area contributed by atoms with E-state index in [1.807, 2.05) is 12.1 Å². The molecule has 0 spiro atoms. The Bertz CT molecular complexity index is 493. The van der Waals surface area contributed by atoms with Gasteiger partial charge in [0.05, 0.1) is 7.11 Å². The van der Waals surface area contributed by atoms with Crippen molar-refractivity contribution in [1.82, 2.24) is 0 Å². The van der Waals surface area contributed by atoms with Gasteiger partial charge in [-0.3, -0.25) is 4.79 Å². The quantitative estimate of drug-likeness (QED) is 0.862. The minimum atomic E-state index is -0.758. The topological polar surface area (TPSA) is 55.6 Å². The summed E-state index contributed by atoms with van der Waals surface area (Å²) >= 11 is 12.7. The van der Waals surface area contributed by atoms with Crippen LogP contribution in [0.3, 0.4) is 0 Å². The number of nitrogens with two attached hydrogens (primary N) is 1. The highest BCUT2D eigenvalue weighted by Crippen LogP contribution is 2.32. The zero-order valence-electron chi connectivity index (χ0n) is 12.1. The molecule has 1 unspecified atom stereocenters. The molecule has 1 heterocycles. The zero-order valence-corrected chi connectivity index (χ0v) is 13.6. The van der Waals surface area contributed by atoms with Gasteiger partial charge in [-0.05, 0) is 37.0 Å². The van der Waals surface area contributed by atoms with Crippen LogP contribution in [0, 0.1) is 0 Å². The van der Waals surface area contributed by atoms with Crippen molar-refractivity contribution in [3.63, 3.8) is 0 Å². The number of halogens is 2. The molecule has 6 heteroatoms. The van der Waals surface area contributed by atoms with Crippen LogP contribution in [-0.4, -0.2) is 32.2 Å². The molecule has 0 bridgehead atoms. The number of hydrogen-bond acceptors (Lipinski definition) is 4. The van der Waals surface area contributed by atoms with Crippen LogP contribution in [0.1, 0.15) is 24.8 Å². The Balaban J connectivity index is 2.18. The Morgan fingerprint density at radius 1 is 1.29 bits per heavy atom. The van der Waals surface area contributed by atoms with E-state index in [0.717, 1.165) is 18.8 Å². The number of piperidine rings is 1. The molecule has 116 valence electrons. The lowest BCUT2D eigenvalue weighted by Crippen LogP contribution is -2.34. The molecule has 1 aromatic rings. The number of methoxy groups -OCH3 is 1. The first-order valence-electron chi connectivity index (χ1n) is 7.09. The summed E-state index contributed by atoms with van der Waals surface area (Å²) in [6.07, 6.45) is 3.91. The van der Waals surface area contributed by atoms with Gasteiger partial charge in [0.15, 0.2) is 0 Å². The Hall–Kier alpha value is -0.970. The van der Waals surface area contributed by atoms with Crippen LogP contribution >= 0.6 is 23.2 Å². The van der Waals surface area contributed by atoms with Gasteiger partial charge in [-0.15, -0.1) is 0 Å². The number of nitrogens with zero attached hydrogens (tertiary/aromatic N) is 1. The first kappa shape index (κ1) is 16.4. The number of ether oxygens (including phenoxy) is 1. The van der Waals surface area contributed by atoms with Crippen molar-refractivity contribution >= 4 is 34.9 Å². The number of benzene rings is 1. The smallest absolute Gasteiger partial charge is 0.322 e. The van der Waals surface area contributed by atoms with Gasteiger partial charge in [0.1, 0.15) is 6.04 Å². The summed E-state index contributed by atoms with van der Waals surface area (Å²) in [4.78, 5) is 13.7. The molecule has 2 rings (SSSR count). The van der Waals surface area contributed by atoms with Gasteiger partial charge < -0.3 is 15.4 Å². The second-order valence-corrected chi connectivity index (χ2v) is 6.08. The maximum Gasteiger partial charge on any atom is 0.322 e. The lowest BCUT2D eigenvalue weighted by atomic mass is 10.0. The SMILES string of the molecule is COC(=O)C(N)Cc1c(Cl)cc(N2CCCCC2)cc1Cl. The number of carbonyl (C=O) groups is 1. The summed E-state index contributed by atoms with van der Waals surface area (Å²) < 4.78 is 4.62. The number of hydrogen-bond donors (Lipinski definition) is 1. The third kappa shape index (κ3) is 4.02. The van der Waals surface area contributed by atoms with Crippen molar-refractivity contribution in [2.45, 2.75) is 31.7 Å². The average molecular weight is 331 g/mol. The van der Waals surface area contributed by atoms with E-state index in [4.69, 9.17) is 28.9 Å². The van der Waals surface area contributed by atoms with E-state index in [0.29, 0.717) is 15.6 Å². The van der Waals surface area contributed by atoms with Crippen LogP contribution in [-0.2, 0) is 16.0 Å². The van der Waals surface area contributed by atoms with Gasteiger partial charge in [0.2, 0.25) is 0 Å². The predicted molar refractivity (Wildman–Crippen MR) is 86.2 cm³/mol. The predicted octanol–water partition coefficient (Wildman–Crippen LogP) is 3.03. The van der Waals surface area contributed by atoms with Crippen LogP contribution < -0.4 is 10.6 Å². The highest BCUT2D eigenvalue weighted by Gasteiger charge is 2.20. The van der Waals surface area contributed by atoms with Crippen LogP contribution in [0.15, 0.2) is 12.1 Å². The second kappa shape index (κ2) is 7.34. The van der Waals surface area contributed by atoms with E-state index in [9.17, 15) is 4.79 Å². The number of rotatable bonds is 4. The number of esters is 1. The van der Waals surface area contributed by atoms with E-state index in [2.05, 4.69) is 9.64 Å². The molecule has 0 amide bonds. The van der Waals surface area contributed by atoms with Gasteiger partial charge in [-0.2, -0.15) is 0 Å². The van der Waals surface area contributed by atoms with Crippen molar-refractivity contribution in [2.24, 2.45) is 5.73 Å². The van der Waals surface area contributed by atoms with Gasteiger partial charge >= 0.3 is 5.97 Å². The molecule has 0 radical (unpaired) electrons. The maximum absolute atomic E-state index is 11.4. The minimum absolute atomic E-state index is 0.268. The molecular weight excluding hydrogens is 311 g/mol. The molecule has 1 atom stereocenters. The minimum Gasteiger partial charge on any atom is -0.468 e. The van der Waals surface area contributed by atoms with E-state index in [1.165, 1.54) is 26.4 Å². The molecule has 1 aliphatic rings. The first-order chi connectivity index (χ1) is 10.0. The van der Waals surface area contributed by atoms with Crippen LogP contribution in [0.2, 0.25) is 10.0 Å². The van der Waals surface area contributed by atoms with Gasteiger partial charge in [-0.1, -0.05) is 23.2 Å². The van der Waals surface area contributed by atoms with E-state index >= 15 is 0 Å². The Morgan fingerprint density at radius 2 is 1.86 bits per heavy atom. The summed E-state index contributed by atoms with van der Waals surface area (Å²) in [5, 5.41) is 1.09. The molecule has 1 aliphatic heterocycles. The lowest BCUT2D eigenvalue weighted by Gasteiger charge is -2.29. The largest absolute Gasteiger partial charge is 0.468 e. The highest BCUT2D eigenvalue weighted by atomic mass is 35.5. The molecule has 21 heavy (non-hydrogen) atoms. The van der Waals surface area contributed by atoms with Crippen molar-refractivity contribution in [2.75, 3.05) is 25.1 Å². The summed E-state index contributed by atoms with van der Waals surface area (Å²) in [6.45, 7) is 2.04. The van der Waals surface area contributed by atoms with Crippen molar-refractivity contribution < 1.29 is 9.53 Å². The monoisotopic (exact) mass is 330 g/mol. The lowest BCUT2D eigenvalue weighted by molar-refractivity contribution is -0.142. The normalized spacial score (nSPS) is 16.7. The number of carbonyl (C=O) groups excluding carboxylic acids is 1. The second-order valence-electron chi connectivity index (χ2n) is 5.27. The molecule has 0 saturated carbocycles. The molecule has 1 aromatic carbocycles. The fourth-order valence-corrected chi connectivity index (χ4v) is 3.20. The fraction of sp³-hybridized carbons (Fsp3) is 0.533. The Kier molecular flexibility index (Phi) is 5.73. The molecule has 0 aromatic heterocycles. The van der Waals surface area contributed by atoms with Crippen LogP contribution in [0.25, 0.3) is 0 Å². The molecule has 2 N–H and O–H groups in total. The molecule has 1 fully saturated rings. The molecule has 4 nitrogen and oxygen atoms in total. The molecule has 1 saturated heterocycles. The van der Waals surface area contributed by atoms with Crippen molar-refractivity contribution in [3.05, 3.63) is 27.7 Å². The molecular formula is C15H20Cl2N2O2. The third-order valence-corrected chi connectivity index (χ3v) is 4.45. The third-order valence-electron chi connectivity index (χ3n) is 3.77. The Labute approximate surface area is 135 Å². The maximum atomic E-state index is 11.4. The summed E-state index contributed by atoms with van der Waals surface area (Å²) in [5.74, 6) is -0.470. The average Bonchev–Trinajstić information content (AvgIpc) is 2.50. The highest BCUT2D eigenvalue weighted by molar-refractivity contribution is 6.36. The van der Waals surface area contributed by atoms with E-state index in [1.54, 1.807) is 0 Å². The van der Waals surface area contributed by atoms with Crippen molar-refractivity contribution in [1.29, 1.82) is 0 Å². The zero-order chi connectivity index (χ0) is 15.4. The first-order valence-corrected chi connectivity index (χ1v) is 7.84. The molecule has 0 aliphatic carbocycles. The van der Waals surface area contributed by atoms with Crippen LogP contribution in [0.5, 0.6) is 0 Å². The van der Waals surface area contributed by atoms with Crippen LogP contribution in [0.4, 0.5) is 5.69 Å². The van der Waals surface area contributed by atoms with Gasteiger partial charge in [-0.25, -0.2) is 0 Å². The van der Waals surface area contributed by atoms with E-state index < -0.39 is 12.0 Å². The summed E-state index contributed by atoms with van der Waals surface area (Å²) in [6, 6.07) is 3.04. The number of anilines is 1. The summed E-state index contributed by atoms with van der Waals surface area (Å²) in [7, 11) is 1.31. The van der Waals surface area contributed by atoms with Gasteiger partial charge in [0.25, 0.3) is 0 Å². The summed E-state index contributed by atoms with van der Waals surface area (Å²) in [5.41, 5.74) is 7.50. The van der Waals surface area contributed by atoms with Crippen molar-refractivity contribution in [3.8, 4) is 0 Å². The van der Waals surface area contributed by atoms with Gasteiger partial charge in [0, 0.05) is 35.2 Å². The fourth-order valence-electron chi connectivity index (χ4n) is 2.57.